The third kappa shape index (κ3) is 11.9. The summed E-state index contributed by atoms with van der Waals surface area (Å²) in [5, 5.41) is 11.9. The van der Waals surface area contributed by atoms with Gasteiger partial charge in [-0.1, -0.05) is 0 Å². The molecule has 0 unspecified atom stereocenters. The van der Waals surface area contributed by atoms with E-state index in [0.29, 0.717) is 6.42 Å². The number of aliphatic hydroxyl groups is 1. The number of benzene rings is 1. The maximum atomic E-state index is 14.3. The number of nitrogens with zero attached hydrogens (tertiary/aromatic N) is 1. The molecule has 1 aromatic carbocycles. The van der Waals surface area contributed by atoms with E-state index in [1.165, 1.54) is 65.9 Å². The first-order valence-corrected chi connectivity index (χ1v) is 24.3. The van der Waals surface area contributed by atoms with Gasteiger partial charge in [0.2, 0.25) is 0 Å². The zero-order chi connectivity index (χ0) is 31.8. The summed E-state index contributed by atoms with van der Waals surface area (Å²) in [4.78, 5) is 28.5. The van der Waals surface area contributed by atoms with Gasteiger partial charge in [0.15, 0.2) is 0 Å². The second-order valence-corrected chi connectivity index (χ2v) is 26.8. The Morgan fingerprint density at radius 2 is 1.56 bits per heavy atom. The molecule has 5 nitrogen and oxygen atoms in total. The number of hydrogen-bond donors (Lipinski definition) is 1. The second kappa shape index (κ2) is 19.5. The fraction of sp³-hybridized carbons (Fsp3) is 0.622. The summed E-state index contributed by atoms with van der Waals surface area (Å²) < 4.78 is 10.7. The summed E-state index contributed by atoms with van der Waals surface area (Å²) in [6.07, 6.45) is 14.0. The molecule has 6 heteroatoms. The van der Waals surface area contributed by atoms with Crippen LogP contribution in [0.25, 0.3) is 0 Å². The molecule has 1 aromatic rings. The van der Waals surface area contributed by atoms with Crippen LogP contribution < -0.4 is 0 Å². The Morgan fingerprint density at radius 3 is 2.09 bits per heavy atom. The van der Waals surface area contributed by atoms with Gasteiger partial charge in [-0.15, -0.1) is 0 Å². The van der Waals surface area contributed by atoms with Gasteiger partial charge < -0.3 is 0 Å². The minimum absolute atomic E-state index is 0.172. The minimum atomic E-state index is -2.78. The monoisotopic (exact) mass is 701 g/mol. The van der Waals surface area contributed by atoms with Crippen LogP contribution in [0.4, 0.5) is 4.79 Å². The van der Waals surface area contributed by atoms with Crippen LogP contribution >= 0.6 is 0 Å². The Bertz CT molecular complexity index is 1070. The van der Waals surface area contributed by atoms with Crippen LogP contribution in [0.1, 0.15) is 105 Å². The molecule has 1 N–H and O–H groups in total. The van der Waals surface area contributed by atoms with Gasteiger partial charge in [0.1, 0.15) is 0 Å². The molecular formula is C37H59NO4Sn. The third-order valence-corrected chi connectivity index (χ3v) is 25.5. The van der Waals surface area contributed by atoms with E-state index in [9.17, 15) is 14.7 Å². The van der Waals surface area contributed by atoms with Gasteiger partial charge in [-0.25, -0.2) is 0 Å². The first-order chi connectivity index (χ1) is 20.6. The number of carbonyl (C=O) groups excluding carboxylic acids is 2. The maximum absolute atomic E-state index is 14.3. The van der Waals surface area contributed by atoms with Crippen molar-refractivity contribution in [3.05, 3.63) is 68.9 Å². The van der Waals surface area contributed by atoms with Crippen LogP contribution in [0.2, 0.25) is 13.3 Å². The average molecular weight is 701 g/mol. The van der Waals surface area contributed by atoms with Gasteiger partial charge >= 0.3 is 268 Å². The summed E-state index contributed by atoms with van der Waals surface area (Å²) in [6, 6.07) is 9.51. The molecule has 1 aliphatic heterocycles. The fourth-order valence-corrected chi connectivity index (χ4v) is 22.1. The Morgan fingerprint density at radius 1 is 0.977 bits per heavy atom. The summed E-state index contributed by atoms with van der Waals surface area (Å²) >= 11 is -2.78. The van der Waals surface area contributed by atoms with E-state index in [0.717, 1.165) is 24.0 Å². The van der Waals surface area contributed by atoms with Crippen LogP contribution in [0.5, 0.6) is 0 Å². The molecule has 1 aliphatic rings. The quantitative estimate of drug-likeness (QED) is 0.115. The summed E-state index contributed by atoms with van der Waals surface area (Å²) in [5.41, 5.74) is 3.36. The number of carbonyl (C=O) groups is 2. The molecule has 0 spiro atoms. The van der Waals surface area contributed by atoms with E-state index >= 15 is 0 Å². The fourth-order valence-electron chi connectivity index (χ4n) is 6.27. The molecule has 2 rings (SSSR count). The SMILES string of the molecule is CCC[CH2][Sn]([CH2]CCC)([CH2]CCC)/[C](C)=C\[C@@H](O)[C@H](/C=C(\C)CCC=C(C)C)C(=O)N1C(=O)OC[C@@H]1Cc1ccccc1. The molecule has 1 heterocycles. The van der Waals surface area contributed by atoms with Gasteiger partial charge in [-0.05, 0) is 0 Å². The average Bonchev–Trinajstić information content (AvgIpc) is 3.34. The van der Waals surface area contributed by atoms with Crippen LogP contribution in [0, 0.1) is 5.92 Å². The molecule has 0 bridgehead atoms. The van der Waals surface area contributed by atoms with Gasteiger partial charge in [0.05, 0.1) is 0 Å². The molecule has 0 saturated carbocycles. The Kier molecular flexibility index (Phi) is 16.9. The van der Waals surface area contributed by atoms with Crippen molar-refractivity contribution in [2.75, 3.05) is 6.61 Å². The van der Waals surface area contributed by atoms with Crippen molar-refractivity contribution in [2.24, 2.45) is 5.92 Å². The number of aliphatic hydroxyl groups excluding tert-OH is 1. The van der Waals surface area contributed by atoms with Crippen LogP contribution in [-0.2, 0) is 16.0 Å². The first-order valence-electron chi connectivity index (χ1n) is 16.8. The molecule has 43 heavy (non-hydrogen) atoms. The summed E-state index contributed by atoms with van der Waals surface area (Å²) in [6.45, 7) is 15.4. The molecule has 240 valence electrons. The van der Waals surface area contributed by atoms with Gasteiger partial charge in [0, 0.05) is 0 Å². The van der Waals surface area contributed by atoms with Gasteiger partial charge in [-0.3, -0.25) is 0 Å². The Balaban J connectivity index is 2.50. The van der Waals surface area contributed by atoms with Crippen molar-refractivity contribution in [1.29, 1.82) is 0 Å². The first kappa shape index (κ1) is 37.3. The van der Waals surface area contributed by atoms with E-state index in [2.05, 4.69) is 47.6 Å². The second-order valence-electron chi connectivity index (χ2n) is 12.9. The number of rotatable bonds is 19. The van der Waals surface area contributed by atoms with Crippen molar-refractivity contribution < 1.29 is 19.4 Å². The van der Waals surface area contributed by atoms with E-state index in [1.54, 1.807) is 0 Å². The van der Waals surface area contributed by atoms with Crippen molar-refractivity contribution in [2.45, 2.75) is 132 Å². The normalized spacial score (nSPS) is 17.5. The van der Waals surface area contributed by atoms with Crippen LogP contribution in [0.15, 0.2) is 63.3 Å². The topological polar surface area (TPSA) is 66.8 Å². The molecule has 0 aromatic heterocycles. The van der Waals surface area contributed by atoms with Crippen LogP contribution in [-0.4, -0.2) is 59.1 Å². The molecule has 1 fully saturated rings. The van der Waals surface area contributed by atoms with Crippen LogP contribution in [0.3, 0.4) is 0 Å². The zero-order valence-electron chi connectivity index (χ0n) is 28.2. The summed E-state index contributed by atoms with van der Waals surface area (Å²) in [5.74, 6) is -1.20. The zero-order valence-corrected chi connectivity index (χ0v) is 31.0. The molecule has 2 amide bonds. The van der Waals surface area contributed by atoms with E-state index in [-0.39, 0.29) is 12.5 Å². The van der Waals surface area contributed by atoms with Gasteiger partial charge in [0.25, 0.3) is 0 Å². The number of hydrogen-bond acceptors (Lipinski definition) is 4. The van der Waals surface area contributed by atoms with Crippen molar-refractivity contribution >= 4 is 30.4 Å². The predicted octanol–water partition coefficient (Wildman–Crippen LogP) is 9.58. The van der Waals surface area contributed by atoms with E-state index < -0.39 is 42.5 Å². The Labute approximate surface area is 266 Å². The van der Waals surface area contributed by atoms with Gasteiger partial charge in [-0.2, -0.15) is 0 Å². The van der Waals surface area contributed by atoms with Crippen molar-refractivity contribution in [3.63, 3.8) is 0 Å². The number of ether oxygens (including phenoxy) is 1. The van der Waals surface area contributed by atoms with Crippen molar-refractivity contribution in [1.82, 2.24) is 4.90 Å². The molecule has 0 aliphatic carbocycles. The molecule has 3 atom stereocenters. The predicted molar refractivity (Wildman–Crippen MR) is 183 cm³/mol. The standard InChI is InChI=1S/C25H32NO4.3C4H9.Sn/c1-5-10-23(27)22(15-19(4)12-9-11-18(2)3)24(28)26-21(17-30-25(26)29)16-20-13-7-6-8-14-20;3*1-3-4-2;/h6-8,10-11,13-15,21-23,27H,9,12,16-17H2,1-4H3;3*1,3-4H2,2H3;/b10-5?,19-15+;;;;/t21-,22-,23+;;;;/m0..../s1. The number of amides is 2. The molecule has 0 radical (unpaired) electrons. The molecular weight excluding hydrogens is 641 g/mol. The third-order valence-electron chi connectivity index (χ3n) is 9.00. The summed E-state index contributed by atoms with van der Waals surface area (Å²) in [7, 11) is 0. The molecule has 1 saturated heterocycles. The van der Waals surface area contributed by atoms with Crippen molar-refractivity contribution in [3.8, 4) is 0 Å². The number of cyclic esters (lactones) is 1. The number of imide groups is 1. The number of allylic oxidation sites excluding steroid dienone is 4. The van der Waals surface area contributed by atoms with E-state index in [1.807, 2.05) is 49.4 Å². The number of unbranched alkanes of at least 4 members (excludes halogenated alkanes) is 3. The van der Waals surface area contributed by atoms with E-state index in [4.69, 9.17) is 4.74 Å². The Hall–Kier alpha value is -1.86.